The maximum Gasteiger partial charge on any atom is 0.323 e. The highest BCUT2D eigenvalue weighted by Gasteiger charge is 2.23. The molecule has 2 aromatic rings. The van der Waals surface area contributed by atoms with Crippen molar-refractivity contribution >= 4 is 5.95 Å². The molecule has 8 heteroatoms. The third-order valence-electron chi connectivity index (χ3n) is 3.83. The molecule has 0 aliphatic heterocycles. The van der Waals surface area contributed by atoms with Crippen LogP contribution in [-0.4, -0.2) is 35.8 Å². The fourth-order valence-corrected chi connectivity index (χ4v) is 2.70. The highest BCUT2D eigenvalue weighted by atomic mass is 16.5. The molecule has 2 atom stereocenters. The summed E-state index contributed by atoms with van der Waals surface area (Å²) in [7, 11) is 0. The van der Waals surface area contributed by atoms with Crippen LogP contribution in [0.15, 0.2) is 12.7 Å². The van der Waals surface area contributed by atoms with E-state index in [1.54, 1.807) is 0 Å². The third-order valence-corrected chi connectivity index (χ3v) is 3.83. The summed E-state index contributed by atoms with van der Waals surface area (Å²) in [4.78, 5) is 16.2. The molecule has 2 N–H and O–H groups in total. The van der Waals surface area contributed by atoms with Crippen LogP contribution < -0.4 is 10.5 Å². The number of rotatable bonds is 4. The second-order valence-electron chi connectivity index (χ2n) is 5.30. The van der Waals surface area contributed by atoms with Crippen molar-refractivity contribution in [3.8, 4) is 12.0 Å². The van der Waals surface area contributed by atoms with Crippen LogP contribution in [0, 0.1) is 5.92 Å². The van der Waals surface area contributed by atoms with Crippen molar-refractivity contribution < 1.29 is 4.74 Å². The molecule has 21 heavy (non-hydrogen) atoms. The van der Waals surface area contributed by atoms with Gasteiger partial charge in [0.15, 0.2) is 0 Å². The number of nitrogen functional groups attached to an aromatic ring is 1. The summed E-state index contributed by atoms with van der Waals surface area (Å²) in [5.41, 5.74) is 5.72. The van der Waals surface area contributed by atoms with E-state index in [1.165, 1.54) is 36.6 Å². The molecule has 2 unspecified atom stereocenters. The van der Waals surface area contributed by atoms with E-state index < -0.39 is 0 Å². The van der Waals surface area contributed by atoms with E-state index in [1.807, 2.05) is 0 Å². The van der Waals surface area contributed by atoms with Gasteiger partial charge in [-0.15, -0.1) is 0 Å². The molecule has 0 spiro atoms. The molecule has 0 aromatic carbocycles. The van der Waals surface area contributed by atoms with Crippen LogP contribution in [0.25, 0.3) is 5.95 Å². The molecule has 1 fully saturated rings. The fourth-order valence-electron chi connectivity index (χ4n) is 2.70. The average Bonchev–Trinajstić information content (AvgIpc) is 3.01. The average molecular weight is 289 g/mol. The van der Waals surface area contributed by atoms with Gasteiger partial charge in [-0.2, -0.15) is 24.7 Å². The topological polar surface area (TPSA) is 105 Å². The van der Waals surface area contributed by atoms with Gasteiger partial charge in [0.1, 0.15) is 18.8 Å². The molecule has 1 saturated carbocycles. The molecule has 8 nitrogen and oxygen atoms in total. The van der Waals surface area contributed by atoms with Gasteiger partial charge in [0.25, 0.3) is 5.95 Å². The molecule has 2 heterocycles. The summed E-state index contributed by atoms with van der Waals surface area (Å²) in [6, 6.07) is 0.259. The quantitative estimate of drug-likeness (QED) is 0.906. The lowest BCUT2D eigenvalue weighted by atomic mass is 9.86. The van der Waals surface area contributed by atoms with Gasteiger partial charge in [-0.3, -0.25) is 0 Å². The largest absolute Gasteiger partial charge is 0.460 e. The molecule has 1 aliphatic rings. The van der Waals surface area contributed by atoms with Crippen LogP contribution in [0.4, 0.5) is 5.95 Å². The van der Waals surface area contributed by atoms with Gasteiger partial charge in [0.2, 0.25) is 5.95 Å². The lowest BCUT2D eigenvalue weighted by Gasteiger charge is -2.28. The summed E-state index contributed by atoms with van der Waals surface area (Å²) in [6.45, 7) is 2.22. The number of ether oxygens (including phenoxy) is 1. The summed E-state index contributed by atoms with van der Waals surface area (Å²) < 4.78 is 7.33. The lowest BCUT2D eigenvalue weighted by molar-refractivity contribution is 0.111. The van der Waals surface area contributed by atoms with Crippen molar-refractivity contribution in [2.45, 2.75) is 45.1 Å². The van der Waals surface area contributed by atoms with Gasteiger partial charge in [-0.1, -0.05) is 19.8 Å². The van der Waals surface area contributed by atoms with E-state index in [-0.39, 0.29) is 18.1 Å². The number of nitrogens with two attached hydrogens (primary N) is 1. The Morgan fingerprint density at radius 2 is 2.24 bits per heavy atom. The first kappa shape index (κ1) is 13.7. The minimum Gasteiger partial charge on any atom is -0.460 e. The number of hydrogen-bond acceptors (Lipinski definition) is 7. The molecule has 0 amide bonds. The molecular formula is C13H19N7O. The van der Waals surface area contributed by atoms with Crippen molar-refractivity contribution in [2.24, 2.45) is 5.92 Å². The lowest BCUT2D eigenvalue weighted by Crippen LogP contribution is -2.26. The van der Waals surface area contributed by atoms with Gasteiger partial charge in [-0.25, -0.2) is 4.98 Å². The van der Waals surface area contributed by atoms with Gasteiger partial charge in [0.05, 0.1) is 0 Å². The summed E-state index contributed by atoms with van der Waals surface area (Å²) in [5.74, 6) is 1.16. The first-order valence-electron chi connectivity index (χ1n) is 7.27. The zero-order chi connectivity index (χ0) is 14.7. The molecular weight excluding hydrogens is 270 g/mol. The van der Waals surface area contributed by atoms with Gasteiger partial charge >= 0.3 is 6.01 Å². The second kappa shape index (κ2) is 6.02. The standard InChI is InChI=1S/C13H19N7O/c1-2-9-4-3-5-10(6-9)21-13-18-11(14)17-12(19-13)20-8-15-7-16-20/h7-10H,2-6H2,1H3,(H2,14,17,18,19). The maximum absolute atomic E-state index is 5.90. The van der Waals surface area contributed by atoms with Crippen LogP contribution in [0.5, 0.6) is 6.01 Å². The Hall–Kier alpha value is -2.25. The Balaban J connectivity index is 1.76. The van der Waals surface area contributed by atoms with Gasteiger partial charge in [0, 0.05) is 0 Å². The SMILES string of the molecule is CCC1CCCC(Oc2nc(N)nc(-n3cncn3)n2)C1. The number of aromatic nitrogens is 6. The Kier molecular flexibility index (Phi) is 3.94. The van der Waals surface area contributed by atoms with E-state index in [2.05, 4.69) is 32.0 Å². The van der Waals surface area contributed by atoms with Crippen molar-refractivity contribution in [1.82, 2.24) is 29.7 Å². The Morgan fingerprint density at radius 3 is 3.00 bits per heavy atom. The van der Waals surface area contributed by atoms with E-state index in [0.29, 0.717) is 5.95 Å². The first-order chi connectivity index (χ1) is 10.2. The van der Waals surface area contributed by atoms with Crippen molar-refractivity contribution in [2.75, 3.05) is 5.73 Å². The highest BCUT2D eigenvalue weighted by molar-refractivity contribution is 5.24. The van der Waals surface area contributed by atoms with E-state index >= 15 is 0 Å². The normalized spacial score (nSPS) is 22.1. The number of anilines is 1. The molecule has 112 valence electrons. The molecule has 1 aliphatic carbocycles. The maximum atomic E-state index is 5.90. The monoisotopic (exact) mass is 289 g/mol. The zero-order valence-corrected chi connectivity index (χ0v) is 12.0. The van der Waals surface area contributed by atoms with Crippen molar-refractivity contribution in [3.63, 3.8) is 0 Å². The van der Waals surface area contributed by atoms with Crippen molar-refractivity contribution in [1.29, 1.82) is 0 Å². The Bertz CT molecular complexity index is 586. The first-order valence-corrected chi connectivity index (χ1v) is 7.27. The molecule has 0 saturated heterocycles. The number of hydrogen-bond donors (Lipinski definition) is 1. The van der Waals surface area contributed by atoms with Crippen molar-refractivity contribution in [3.05, 3.63) is 12.7 Å². The van der Waals surface area contributed by atoms with Gasteiger partial charge in [-0.05, 0) is 25.2 Å². The number of nitrogens with zero attached hydrogens (tertiary/aromatic N) is 6. The third kappa shape index (κ3) is 3.26. The predicted octanol–water partition coefficient (Wildman–Crippen LogP) is 1.38. The Morgan fingerprint density at radius 1 is 1.33 bits per heavy atom. The van der Waals surface area contributed by atoms with Gasteiger partial charge < -0.3 is 10.5 Å². The molecule has 3 rings (SSSR count). The van der Waals surface area contributed by atoms with E-state index in [0.717, 1.165) is 18.8 Å². The Labute approximate surface area is 122 Å². The minimum absolute atomic E-state index is 0.119. The smallest absolute Gasteiger partial charge is 0.323 e. The predicted molar refractivity (Wildman–Crippen MR) is 75.8 cm³/mol. The summed E-state index contributed by atoms with van der Waals surface area (Å²) in [5, 5.41) is 3.98. The molecule has 0 bridgehead atoms. The highest BCUT2D eigenvalue weighted by Crippen LogP contribution is 2.28. The fraction of sp³-hybridized carbons (Fsp3) is 0.615. The van der Waals surface area contributed by atoms with Crippen LogP contribution in [0.3, 0.4) is 0 Å². The summed E-state index contributed by atoms with van der Waals surface area (Å²) >= 11 is 0. The molecule has 0 radical (unpaired) electrons. The van der Waals surface area contributed by atoms with E-state index in [4.69, 9.17) is 10.5 Å². The van der Waals surface area contributed by atoms with E-state index in [9.17, 15) is 0 Å². The van der Waals surface area contributed by atoms with Crippen LogP contribution in [-0.2, 0) is 0 Å². The van der Waals surface area contributed by atoms with Crippen LogP contribution in [0.2, 0.25) is 0 Å². The second-order valence-corrected chi connectivity index (χ2v) is 5.30. The van der Waals surface area contributed by atoms with Crippen LogP contribution in [0.1, 0.15) is 39.0 Å². The zero-order valence-electron chi connectivity index (χ0n) is 12.0. The molecule has 2 aromatic heterocycles. The summed E-state index contributed by atoms with van der Waals surface area (Å²) in [6.07, 6.45) is 8.78. The minimum atomic E-state index is 0.119. The van der Waals surface area contributed by atoms with Crippen LogP contribution >= 0.6 is 0 Å².